The van der Waals surface area contributed by atoms with E-state index in [1.54, 1.807) is 50.2 Å². The van der Waals surface area contributed by atoms with Crippen LogP contribution in [0.1, 0.15) is 128 Å². The molecule has 0 aliphatic carbocycles. The van der Waals surface area contributed by atoms with Crippen molar-refractivity contribution >= 4 is 89.0 Å². The third-order valence-corrected chi connectivity index (χ3v) is 16.8. The molecule has 3 aromatic heterocycles. The Morgan fingerprint density at radius 2 is 0.889 bits per heavy atom. The second kappa shape index (κ2) is 20.0. The second-order valence-electron chi connectivity index (χ2n) is 17.9. The first-order valence-corrected chi connectivity index (χ1v) is 24.9. The quantitative estimate of drug-likeness (QED) is 0.102. The van der Waals surface area contributed by atoms with Crippen molar-refractivity contribution in [3.63, 3.8) is 0 Å². The molecule has 344 valence electrons. The molecule has 0 amide bonds. The molecule has 0 aliphatic rings. The molecule has 0 radical (unpaired) electrons. The molecule has 0 aliphatic heterocycles. The Morgan fingerprint density at radius 3 is 1.22 bits per heavy atom. The van der Waals surface area contributed by atoms with Crippen LogP contribution < -0.4 is 15.2 Å². The number of carbonyl (C=O) groups excluding carboxylic acids is 2. The van der Waals surface area contributed by atoms with E-state index in [9.17, 15) is 36.3 Å². The van der Waals surface area contributed by atoms with Crippen molar-refractivity contribution in [3.8, 4) is 0 Å². The first-order valence-electron chi connectivity index (χ1n) is 19.5. The highest BCUT2D eigenvalue weighted by atomic mass is 32.2. The normalized spacial score (nSPS) is 12.0. The Morgan fingerprint density at radius 1 is 0.556 bits per heavy atom. The number of nitrogens with two attached hydrogens (primary N) is 1. The number of esters is 2. The van der Waals surface area contributed by atoms with E-state index in [2.05, 4.69) is 35.0 Å². The number of methoxy groups -OCH3 is 2. The number of nitrogens with one attached hydrogen (secondary N) is 2. The zero-order valence-electron chi connectivity index (χ0n) is 38.4. The van der Waals surface area contributed by atoms with Crippen molar-refractivity contribution in [2.45, 2.75) is 116 Å². The molecule has 0 fully saturated rings. The maximum absolute atomic E-state index is 12.8. The number of rotatable bonds is 9. The average molecular weight is 962 g/mol. The number of carboxylic acids is 1. The first kappa shape index (κ1) is 52.6. The van der Waals surface area contributed by atoms with Crippen LogP contribution in [0.25, 0.3) is 0 Å². The molecule has 18 heteroatoms. The summed E-state index contributed by atoms with van der Waals surface area (Å²) in [6, 6.07) is 15.3. The summed E-state index contributed by atoms with van der Waals surface area (Å²) in [6.07, 6.45) is 0. The number of hydrogen-bond acceptors (Lipinski definition) is 13. The molecule has 0 saturated carbocycles. The van der Waals surface area contributed by atoms with Gasteiger partial charge in [0.25, 0.3) is 20.0 Å². The number of thiophene rings is 3. The van der Waals surface area contributed by atoms with E-state index in [0.717, 1.165) is 37.1 Å². The molecule has 5 rings (SSSR count). The van der Waals surface area contributed by atoms with Gasteiger partial charge in [0.05, 0.1) is 41.1 Å². The van der Waals surface area contributed by atoms with Crippen molar-refractivity contribution < 1.29 is 45.8 Å². The number of aromatic carboxylic acids is 1. The largest absolute Gasteiger partial charge is 0.477 e. The number of carboxylic acid groups (broad SMARTS) is 1. The highest BCUT2D eigenvalue weighted by molar-refractivity contribution is 7.93. The molecule has 0 unspecified atom stereocenters. The van der Waals surface area contributed by atoms with Crippen LogP contribution >= 0.6 is 34.0 Å². The lowest BCUT2D eigenvalue weighted by Crippen LogP contribution is -2.16. The molecule has 0 spiro atoms. The highest BCUT2D eigenvalue weighted by Gasteiger charge is 2.29. The summed E-state index contributed by atoms with van der Waals surface area (Å²) in [4.78, 5) is 38.7. The fourth-order valence-electron chi connectivity index (χ4n) is 5.70. The molecule has 3 heterocycles. The Balaban J connectivity index is 0.000000262. The minimum atomic E-state index is -3.86. The molecule has 5 aromatic rings. The number of ether oxygens (including phenoxy) is 2. The molecule has 0 saturated heterocycles. The molecular formula is C45H59N3O10S5. The monoisotopic (exact) mass is 961 g/mol. The van der Waals surface area contributed by atoms with E-state index in [0.29, 0.717) is 21.7 Å². The van der Waals surface area contributed by atoms with Crippen LogP contribution in [0.2, 0.25) is 0 Å². The smallest absolute Gasteiger partial charge is 0.350 e. The number of benzene rings is 2. The van der Waals surface area contributed by atoms with Crippen molar-refractivity contribution in [1.82, 2.24) is 0 Å². The van der Waals surface area contributed by atoms with Crippen LogP contribution in [0.4, 0.5) is 17.1 Å². The van der Waals surface area contributed by atoms with Crippen molar-refractivity contribution in [2.75, 3.05) is 29.4 Å². The van der Waals surface area contributed by atoms with Crippen molar-refractivity contribution in [3.05, 3.63) is 106 Å². The van der Waals surface area contributed by atoms with Crippen LogP contribution in [0, 0.1) is 27.7 Å². The fraction of sp³-hybridized carbons (Fsp3) is 0.400. The van der Waals surface area contributed by atoms with Gasteiger partial charge in [0, 0.05) is 14.6 Å². The van der Waals surface area contributed by atoms with Gasteiger partial charge in [-0.15, -0.1) is 34.0 Å². The summed E-state index contributed by atoms with van der Waals surface area (Å²) in [5.41, 5.74) is 9.35. The van der Waals surface area contributed by atoms with E-state index < -0.39 is 32.0 Å². The Bertz CT molecular complexity index is 2710. The van der Waals surface area contributed by atoms with Gasteiger partial charge in [0.2, 0.25) is 0 Å². The topological polar surface area (TPSA) is 208 Å². The van der Waals surface area contributed by atoms with Gasteiger partial charge in [-0.3, -0.25) is 9.44 Å². The van der Waals surface area contributed by atoms with Gasteiger partial charge in [-0.2, -0.15) is 0 Å². The number of nitrogen functional groups attached to an aromatic ring is 1. The molecular weight excluding hydrogens is 903 g/mol. The van der Waals surface area contributed by atoms with E-state index in [-0.39, 0.29) is 53.1 Å². The van der Waals surface area contributed by atoms with Crippen LogP contribution in [0.5, 0.6) is 0 Å². The number of sulfonamides is 2. The van der Waals surface area contributed by atoms with Crippen molar-refractivity contribution in [2.24, 2.45) is 0 Å². The molecule has 0 bridgehead atoms. The molecule has 2 aromatic carbocycles. The van der Waals surface area contributed by atoms with E-state index in [1.807, 2.05) is 67.5 Å². The number of anilines is 3. The van der Waals surface area contributed by atoms with Gasteiger partial charge in [-0.05, 0) is 85.4 Å². The van der Waals surface area contributed by atoms with E-state index >= 15 is 0 Å². The zero-order valence-corrected chi connectivity index (χ0v) is 42.5. The van der Waals surface area contributed by atoms with Gasteiger partial charge in [0.15, 0.2) is 0 Å². The predicted octanol–water partition coefficient (Wildman–Crippen LogP) is 10.8. The van der Waals surface area contributed by atoms with Crippen LogP contribution in [-0.4, -0.2) is 54.1 Å². The standard InChI is InChI=1S/C18H23NO4S2.C17H21NO4S2.C10H15NO2S/c1-11-7-8-14(12(2)9-11)25(21,22)19-13-10-15(18(3,4)5)24-16(13)17(20)23-6;1-10-6-7-13(11(2)8-10)24(21,22)18-12-9-14(17(3,4)5)23-15(12)16(19)20;1-10(2,3)7-5-6(11)8(14-7)9(12)13-4/h7-10,19H,1-6H3;6-9,18H,1-5H3,(H,19,20);5H,11H2,1-4H3. The third-order valence-electron chi connectivity index (χ3n) is 9.11. The minimum Gasteiger partial charge on any atom is -0.477 e. The molecule has 13 nitrogen and oxygen atoms in total. The molecule has 5 N–H and O–H groups in total. The average Bonchev–Trinajstić information content (AvgIpc) is 3.88. The lowest BCUT2D eigenvalue weighted by atomic mass is 9.95. The maximum Gasteiger partial charge on any atom is 0.350 e. The minimum absolute atomic E-state index is 0.00624. The molecule has 63 heavy (non-hydrogen) atoms. The summed E-state index contributed by atoms with van der Waals surface area (Å²) in [6.45, 7) is 25.4. The summed E-state index contributed by atoms with van der Waals surface area (Å²) in [7, 11) is -5.03. The van der Waals surface area contributed by atoms with Crippen LogP contribution in [0.15, 0.2) is 64.4 Å². The predicted molar refractivity (Wildman–Crippen MR) is 257 cm³/mol. The van der Waals surface area contributed by atoms with Gasteiger partial charge in [0.1, 0.15) is 14.6 Å². The summed E-state index contributed by atoms with van der Waals surface area (Å²) in [5.74, 6) is -2.06. The lowest BCUT2D eigenvalue weighted by Gasteiger charge is -2.15. The van der Waals surface area contributed by atoms with E-state index in [1.165, 1.54) is 43.0 Å². The van der Waals surface area contributed by atoms with E-state index in [4.69, 9.17) is 10.5 Å². The maximum atomic E-state index is 12.8. The van der Waals surface area contributed by atoms with Crippen molar-refractivity contribution in [1.29, 1.82) is 0 Å². The fourth-order valence-corrected chi connectivity index (χ4v) is 11.6. The highest BCUT2D eigenvalue weighted by Crippen LogP contribution is 2.39. The van der Waals surface area contributed by atoms with Crippen LogP contribution in [-0.2, 0) is 45.8 Å². The lowest BCUT2D eigenvalue weighted by molar-refractivity contribution is 0.0598. The molecule has 0 atom stereocenters. The van der Waals surface area contributed by atoms with Gasteiger partial charge < -0.3 is 20.3 Å². The number of aryl methyl sites for hydroxylation is 4. The van der Waals surface area contributed by atoms with Gasteiger partial charge >= 0.3 is 17.9 Å². The Kier molecular flexibility index (Phi) is 16.7. The summed E-state index contributed by atoms with van der Waals surface area (Å²) < 4.78 is 65.4. The van der Waals surface area contributed by atoms with Crippen LogP contribution in [0.3, 0.4) is 0 Å². The number of hydrogen-bond donors (Lipinski definition) is 4. The third kappa shape index (κ3) is 13.6. The summed E-state index contributed by atoms with van der Waals surface area (Å²) in [5, 5.41) is 9.38. The first-order chi connectivity index (χ1) is 28.7. The second-order valence-corrected chi connectivity index (χ2v) is 24.3. The Labute approximate surface area is 384 Å². The zero-order chi connectivity index (χ0) is 48.2. The SMILES string of the molecule is COC(=O)c1sc(C(C)(C)C)cc1N.COC(=O)c1sc(C(C)(C)C)cc1NS(=O)(=O)c1ccc(C)cc1C.Cc1ccc(S(=O)(=O)Nc2cc(C(C)(C)C)sc2C(=O)O)c(C)c1. The summed E-state index contributed by atoms with van der Waals surface area (Å²) >= 11 is 3.73. The van der Waals surface area contributed by atoms with Gasteiger partial charge in [-0.1, -0.05) is 97.7 Å². The number of carbonyl (C=O) groups is 3. The Hall–Kier alpha value is -4.75. The van der Waals surface area contributed by atoms with Gasteiger partial charge in [-0.25, -0.2) is 31.2 Å².